The second kappa shape index (κ2) is 8.29. The zero-order valence-electron chi connectivity index (χ0n) is 16.1. The Morgan fingerprint density at radius 2 is 1.88 bits per heavy atom. The van der Waals surface area contributed by atoms with E-state index in [-0.39, 0.29) is 18.3 Å². The molecule has 3 aromatic rings. The molecule has 0 aromatic carbocycles. The van der Waals surface area contributed by atoms with Crippen molar-refractivity contribution in [3.05, 3.63) is 65.4 Å². The quantitative estimate of drug-likeness (QED) is 0.551. The van der Waals surface area contributed by atoms with Crippen molar-refractivity contribution in [3.63, 3.8) is 0 Å². The van der Waals surface area contributed by atoms with Crippen LogP contribution in [0.5, 0.6) is 0 Å². The summed E-state index contributed by atoms with van der Waals surface area (Å²) in [5.74, 6) is -1.73. The van der Waals surface area contributed by atoms with E-state index in [0.717, 1.165) is 10.8 Å². The second-order valence-electron chi connectivity index (χ2n) is 6.27. The lowest BCUT2D eigenvalue weighted by Gasteiger charge is -2.22. The van der Waals surface area contributed by atoms with Gasteiger partial charge in [-0.25, -0.2) is 4.98 Å². The molecule has 13 heteroatoms. The number of carbonyl (C=O) groups is 1. The average Bonchev–Trinajstić information content (AvgIpc) is 3.22. The Balaban J connectivity index is 2.24. The zero-order chi connectivity index (χ0) is 23.7. The topological polar surface area (TPSA) is 87.7 Å². The van der Waals surface area contributed by atoms with Crippen LogP contribution in [0.3, 0.4) is 0 Å². The molecule has 3 heterocycles. The molecule has 0 radical (unpaired) electrons. The monoisotopic (exact) mass is 454 g/mol. The van der Waals surface area contributed by atoms with Gasteiger partial charge in [0.2, 0.25) is 0 Å². The Morgan fingerprint density at radius 1 is 1.16 bits per heavy atom. The number of aromatic nitrogens is 4. The molecule has 166 valence electrons. The highest BCUT2D eigenvalue weighted by molar-refractivity contribution is 6.05. The Bertz CT molecular complexity index is 1180. The van der Waals surface area contributed by atoms with Crippen LogP contribution >= 0.6 is 0 Å². The number of anilines is 1. The van der Waals surface area contributed by atoms with Crippen LogP contribution in [0.15, 0.2) is 42.9 Å². The fourth-order valence-corrected chi connectivity index (χ4v) is 2.95. The summed E-state index contributed by atoms with van der Waals surface area (Å²) >= 11 is 0. The molecule has 0 aliphatic carbocycles. The zero-order valence-corrected chi connectivity index (χ0v) is 16.1. The van der Waals surface area contributed by atoms with Crippen molar-refractivity contribution < 1.29 is 31.1 Å². The average molecular weight is 454 g/mol. The van der Waals surface area contributed by atoms with Gasteiger partial charge in [-0.3, -0.25) is 9.36 Å². The van der Waals surface area contributed by atoms with E-state index >= 15 is 0 Å². The minimum absolute atomic E-state index is 0.102. The summed E-state index contributed by atoms with van der Waals surface area (Å²) in [7, 11) is 0. The highest BCUT2D eigenvalue weighted by Crippen LogP contribution is 2.38. The molecule has 0 aliphatic heterocycles. The molecule has 0 fully saturated rings. The van der Waals surface area contributed by atoms with Gasteiger partial charge in [-0.2, -0.15) is 41.8 Å². The molecule has 0 atom stereocenters. The first kappa shape index (κ1) is 22.7. The fourth-order valence-electron chi connectivity index (χ4n) is 2.95. The van der Waals surface area contributed by atoms with Crippen molar-refractivity contribution in [1.29, 1.82) is 5.26 Å². The van der Waals surface area contributed by atoms with E-state index in [4.69, 9.17) is 0 Å². The molecule has 1 amide bonds. The minimum Gasteiger partial charge on any atom is -0.306 e. The molecule has 0 unspecified atom stereocenters. The Labute approximate surface area is 176 Å². The van der Waals surface area contributed by atoms with E-state index in [1.54, 1.807) is 6.92 Å². The van der Waals surface area contributed by atoms with Gasteiger partial charge >= 0.3 is 12.4 Å². The molecule has 32 heavy (non-hydrogen) atoms. The minimum atomic E-state index is -5.27. The molecular weight excluding hydrogens is 442 g/mol. The van der Waals surface area contributed by atoms with Crippen molar-refractivity contribution in [1.82, 2.24) is 19.7 Å². The van der Waals surface area contributed by atoms with E-state index in [1.165, 1.54) is 41.6 Å². The normalized spacial score (nSPS) is 11.8. The van der Waals surface area contributed by atoms with Crippen LogP contribution in [0.4, 0.5) is 32.0 Å². The van der Waals surface area contributed by atoms with E-state index < -0.39 is 40.9 Å². The summed E-state index contributed by atoms with van der Waals surface area (Å²) in [5.41, 5.74) is -4.81. The summed E-state index contributed by atoms with van der Waals surface area (Å²) in [5, 5.41) is 16.6. The number of nitrogens with zero attached hydrogens (tertiary/aromatic N) is 6. The summed E-state index contributed by atoms with van der Waals surface area (Å²) in [6, 6.07) is 4.92. The molecule has 3 rings (SSSR count). The number of alkyl halides is 6. The second-order valence-corrected chi connectivity index (χ2v) is 6.27. The summed E-state index contributed by atoms with van der Waals surface area (Å²) < 4.78 is 80.9. The van der Waals surface area contributed by atoms with Gasteiger partial charge in [0, 0.05) is 12.7 Å². The van der Waals surface area contributed by atoms with Gasteiger partial charge in [0.25, 0.3) is 5.91 Å². The molecule has 0 aliphatic rings. The third kappa shape index (κ3) is 4.25. The molecule has 7 nitrogen and oxygen atoms in total. The lowest BCUT2D eigenvalue weighted by atomic mass is 10.1. The van der Waals surface area contributed by atoms with Crippen LogP contribution in [-0.2, 0) is 12.4 Å². The maximum absolute atomic E-state index is 13.4. The standard InChI is InChI=1S/C19H12F6N6O/c1-2-30(11-5-6-27-28-10-11)17(32)14-4-3-7-31(14)16-12(9-26)13(18(20,21)22)8-15(29-16)19(23,24)25/h3-8,10H,2H2,1H3. The molecule has 0 saturated heterocycles. The first-order chi connectivity index (χ1) is 15.0. The fraction of sp³-hybridized carbons (Fsp3) is 0.211. The van der Waals surface area contributed by atoms with E-state index in [0.29, 0.717) is 5.69 Å². The molecule has 0 bridgehead atoms. The number of pyridine rings is 1. The van der Waals surface area contributed by atoms with Crippen molar-refractivity contribution >= 4 is 11.6 Å². The number of amides is 1. The van der Waals surface area contributed by atoms with Gasteiger partial charge in [0.15, 0.2) is 5.82 Å². The number of nitriles is 1. The van der Waals surface area contributed by atoms with E-state index in [2.05, 4.69) is 15.2 Å². The summed E-state index contributed by atoms with van der Waals surface area (Å²) in [6.07, 6.45) is -6.87. The van der Waals surface area contributed by atoms with Crippen molar-refractivity contribution in [3.8, 4) is 11.9 Å². The maximum Gasteiger partial charge on any atom is 0.433 e. The Morgan fingerprint density at radius 3 is 2.41 bits per heavy atom. The van der Waals surface area contributed by atoms with E-state index in [1.807, 2.05) is 0 Å². The Hall–Kier alpha value is -3.95. The molecule has 0 saturated carbocycles. The number of hydrogen-bond donors (Lipinski definition) is 0. The van der Waals surface area contributed by atoms with Crippen LogP contribution < -0.4 is 4.90 Å². The Kier molecular flexibility index (Phi) is 5.89. The highest BCUT2D eigenvalue weighted by atomic mass is 19.4. The molecule has 0 N–H and O–H groups in total. The number of carbonyl (C=O) groups excluding carboxylic acids is 1. The lowest BCUT2D eigenvalue weighted by molar-refractivity contribution is -0.145. The number of hydrogen-bond acceptors (Lipinski definition) is 5. The third-order valence-electron chi connectivity index (χ3n) is 4.35. The van der Waals surface area contributed by atoms with Gasteiger partial charge < -0.3 is 4.90 Å². The van der Waals surface area contributed by atoms with Crippen molar-refractivity contribution in [2.45, 2.75) is 19.3 Å². The molecular formula is C19H12F6N6O. The third-order valence-corrected chi connectivity index (χ3v) is 4.35. The van der Waals surface area contributed by atoms with Crippen molar-refractivity contribution in [2.24, 2.45) is 0 Å². The van der Waals surface area contributed by atoms with Crippen LogP contribution in [0, 0.1) is 11.3 Å². The number of halogens is 6. The molecule has 0 spiro atoms. The van der Waals surface area contributed by atoms with Gasteiger partial charge in [-0.1, -0.05) is 0 Å². The van der Waals surface area contributed by atoms with Gasteiger partial charge in [-0.05, 0) is 31.2 Å². The number of rotatable bonds is 4. The van der Waals surface area contributed by atoms with Gasteiger partial charge in [-0.15, -0.1) is 0 Å². The van der Waals surface area contributed by atoms with Gasteiger partial charge in [0.1, 0.15) is 23.0 Å². The van der Waals surface area contributed by atoms with Crippen LogP contribution in [0.25, 0.3) is 5.82 Å². The first-order valence-electron chi connectivity index (χ1n) is 8.84. The van der Waals surface area contributed by atoms with Crippen LogP contribution in [-0.4, -0.2) is 32.2 Å². The predicted molar refractivity (Wildman–Crippen MR) is 97.7 cm³/mol. The van der Waals surface area contributed by atoms with Gasteiger partial charge in [0.05, 0.1) is 23.6 Å². The molecule has 3 aromatic heterocycles. The van der Waals surface area contributed by atoms with Crippen LogP contribution in [0.1, 0.15) is 34.2 Å². The van der Waals surface area contributed by atoms with Crippen molar-refractivity contribution in [2.75, 3.05) is 11.4 Å². The smallest absolute Gasteiger partial charge is 0.306 e. The van der Waals surface area contributed by atoms with E-state index in [9.17, 15) is 36.4 Å². The SMILES string of the molecule is CCN(C(=O)c1cccn1-c1nc(C(F)(F)F)cc(C(F)(F)F)c1C#N)c1ccnnc1. The largest absolute Gasteiger partial charge is 0.433 e. The predicted octanol–water partition coefficient (Wildman–Crippen LogP) is 4.24. The maximum atomic E-state index is 13.4. The highest BCUT2D eigenvalue weighted by Gasteiger charge is 2.41. The summed E-state index contributed by atoms with van der Waals surface area (Å²) in [4.78, 5) is 17.5. The first-order valence-corrected chi connectivity index (χ1v) is 8.84. The van der Waals surface area contributed by atoms with Crippen LogP contribution in [0.2, 0.25) is 0 Å². The summed E-state index contributed by atoms with van der Waals surface area (Å²) in [6.45, 7) is 1.71. The lowest BCUT2D eigenvalue weighted by Crippen LogP contribution is -2.32.